The Kier molecular flexibility index (Phi) is 6.50. The minimum absolute atomic E-state index is 0.0401. The molecule has 2 aliphatic heterocycles. The molecule has 162 valence electrons. The van der Waals surface area contributed by atoms with Gasteiger partial charge in [-0.3, -0.25) is 9.59 Å². The Hall–Kier alpha value is -3.35. The fourth-order valence-corrected chi connectivity index (χ4v) is 4.11. The molecule has 2 aliphatic rings. The largest absolute Gasteiger partial charge is 0.339 e. The molecule has 0 spiro atoms. The number of hydrogen-bond donors (Lipinski definition) is 2. The van der Waals surface area contributed by atoms with Gasteiger partial charge in [0, 0.05) is 49.0 Å². The molecule has 7 heteroatoms. The molecule has 2 fully saturated rings. The molecular formula is C24H28N4O3. The van der Waals surface area contributed by atoms with E-state index < -0.39 is 0 Å². The first-order valence-corrected chi connectivity index (χ1v) is 10.9. The van der Waals surface area contributed by atoms with Crippen molar-refractivity contribution in [2.75, 3.05) is 36.8 Å². The van der Waals surface area contributed by atoms with Crippen molar-refractivity contribution < 1.29 is 14.4 Å². The highest BCUT2D eigenvalue weighted by Crippen LogP contribution is 2.21. The summed E-state index contributed by atoms with van der Waals surface area (Å²) in [5.41, 5.74) is 2.10. The molecule has 7 nitrogen and oxygen atoms in total. The molecule has 0 aliphatic carbocycles. The van der Waals surface area contributed by atoms with Crippen LogP contribution >= 0.6 is 0 Å². The van der Waals surface area contributed by atoms with E-state index in [2.05, 4.69) is 10.6 Å². The summed E-state index contributed by atoms with van der Waals surface area (Å²) in [6.45, 7) is 2.72. The van der Waals surface area contributed by atoms with Crippen LogP contribution in [0.5, 0.6) is 0 Å². The second-order valence-electron chi connectivity index (χ2n) is 8.12. The van der Waals surface area contributed by atoms with E-state index in [1.165, 1.54) is 0 Å². The second-order valence-corrected chi connectivity index (χ2v) is 8.12. The van der Waals surface area contributed by atoms with Gasteiger partial charge in [-0.25, -0.2) is 4.79 Å². The number of anilines is 2. The van der Waals surface area contributed by atoms with Gasteiger partial charge in [0.05, 0.1) is 0 Å². The number of nitrogens with zero attached hydrogens (tertiary/aromatic N) is 2. The van der Waals surface area contributed by atoms with Gasteiger partial charge in [-0.15, -0.1) is 0 Å². The summed E-state index contributed by atoms with van der Waals surface area (Å²) in [5.74, 6) is -0.120. The van der Waals surface area contributed by atoms with Gasteiger partial charge in [0.15, 0.2) is 0 Å². The highest BCUT2D eigenvalue weighted by molar-refractivity contribution is 5.96. The maximum absolute atomic E-state index is 12.7. The summed E-state index contributed by atoms with van der Waals surface area (Å²) < 4.78 is 0. The third-order valence-electron chi connectivity index (χ3n) is 5.97. The van der Waals surface area contributed by atoms with Crippen molar-refractivity contribution >= 4 is 29.2 Å². The molecule has 2 aromatic rings. The van der Waals surface area contributed by atoms with Crippen LogP contribution in [0.25, 0.3) is 0 Å². The standard InChI is InChI=1S/C24H28N4O3/c29-22(25-21-10-8-19(9-11-21)23(30)27-14-4-5-15-27)18-12-16-28(17-13-18)24(31)26-20-6-2-1-3-7-20/h1-3,6-11,18H,4-5,12-17H2,(H,25,29)(H,26,31). The number of benzene rings is 2. The molecule has 4 rings (SSSR count). The van der Waals surface area contributed by atoms with Gasteiger partial charge >= 0.3 is 6.03 Å². The van der Waals surface area contributed by atoms with Gasteiger partial charge in [-0.1, -0.05) is 18.2 Å². The fourth-order valence-electron chi connectivity index (χ4n) is 4.11. The maximum Gasteiger partial charge on any atom is 0.321 e. The zero-order valence-electron chi connectivity index (χ0n) is 17.5. The summed E-state index contributed by atoms with van der Waals surface area (Å²) in [6.07, 6.45) is 3.37. The van der Waals surface area contributed by atoms with Gasteiger partial charge in [0.2, 0.25) is 5.91 Å². The second kappa shape index (κ2) is 9.64. The van der Waals surface area contributed by atoms with Crippen LogP contribution in [-0.2, 0) is 4.79 Å². The summed E-state index contributed by atoms with van der Waals surface area (Å²) in [4.78, 5) is 41.1. The number of amides is 4. The van der Waals surface area contributed by atoms with Crippen molar-refractivity contribution in [3.63, 3.8) is 0 Å². The number of urea groups is 1. The molecule has 4 amide bonds. The van der Waals surface area contributed by atoms with E-state index in [4.69, 9.17) is 0 Å². The van der Waals surface area contributed by atoms with Crippen LogP contribution in [-0.4, -0.2) is 53.8 Å². The Balaban J connectivity index is 1.25. The van der Waals surface area contributed by atoms with Crippen LogP contribution in [0.4, 0.5) is 16.2 Å². The lowest BCUT2D eigenvalue weighted by molar-refractivity contribution is -0.121. The number of nitrogens with one attached hydrogen (secondary N) is 2. The lowest BCUT2D eigenvalue weighted by Crippen LogP contribution is -2.43. The topological polar surface area (TPSA) is 81.8 Å². The van der Waals surface area contributed by atoms with E-state index in [0.29, 0.717) is 37.2 Å². The van der Waals surface area contributed by atoms with Crippen molar-refractivity contribution in [1.29, 1.82) is 0 Å². The summed E-state index contributed by atoms with van der Waals surface area (Å²) in [6, 6.07) is 16.3. The third-order valence-corrected chi connectivity index (χ3v) is 5.97. The zero-order valence-corrected chi connectivity index (χ0v) is 17.5. The van der Waals surface area contributed by atoms with Crippen molar-refractivity contribution in [3.8, 4) is 0 Å². The number of piperidine rings is 1. The Bertz CT molecular complexity index is 916. The third kappa shape index (κ3) is 5.23. The van der Waals surface area contributed by atoms with Gasteiger partial charge in [-0.05, 0) is 62.1 Å². The normalized spacial score (nSPS) is 16.8. The molecule has 0 bridgehead atoms. The van der Waals surface area contributed by atoms with Crippen LogP contribution < -0.4 is 10.6 Å². The Labute approximate surface area is 182 Å². The van der Waals surface area contributed by atoms with Crippen molar-refractivity contribution in [2.24, 2.45) is 5.92 Å². The van der Waals surface area contributed by atoms with Crippen molar-refractivity contribution in [3.05, 3.63) is 60.2 Å². The quantitative estimate of drug-likeness (QED) is 0.789. The fraction of sp³-hybridized carbons (Fsp3) is 0.375. The zero-order chi connectivity index (χ0) is 21.6. The number of hydrogen-bond acceptors (Lipinski definition) is 3. The molecule has 2 aromatic carbocycles. The predicted octanol–water partition coefficient (Wildman–Crippen LogP) is 3.81. The number of carbonyl (C=O) groups is 3. The van der Waals surface area contributed by atoms with Crippen LogP contribution in [0.3, 0.4) is 0 Å². The van der Waals surface area contributed by atoms with Crippen LogP contribution in [0.1, 0.15) is 36.0 Å². The summed E-state index contributed by atoms with van der Waals surface area (Å²) >= 11 is 0. The summed E-state index contributed by atoms with van der Waals surface area (Å²) in [5, 5.41) is 5.83. The molecule has 2 saturated heterocycles. The maximum atomic E-state index is 12.7. The van der Waals surface area contributed by atoms with E-state index in [0.717, 1.165) is 31.6 Å². The smallest absolute Gasteiger partial charge is 0.321 e. The molecule has 0 aromatic heterocycles. The van der Waals surface area contributed by atoms with Gasteiger partial charge in [0.1, 0.15) is 0 Å². The minimum Gasteiger partial charge on any atom is -0.339 e. The highest BCUT2D eigenvalue weighted by atomic mass is 16.2. The first-order valence-electron chi connectivity index (χ1n) is 10.9. The monoisotopic (exact) mass is 420 g/mol. The molecule has 31 heavy (non-hydrogen) atoms. The van der Waals surface area contributed by atoms with E-state index in [1.54, 1.807) is 29.2 Å². The Morgan fingerprint density at radius 1 is 0.710 bits per heavy atom. The molecule has 0 unspecified atom stereocenters. The summed E-state index contributed by atoms with van der Waals surface area (Å²) in [7, 11) is 0. The van der Waals surface area contributed by atoms with E-state index >= 15 is 0 Å². The number of para-hydroxylation sites is 1. The first kappa shape index (κ1) is 20.9. The molecule has 0 atom stereocenters. The van der Waals surface area contributed by atoms with Crippen LogP contribution in [0.15, 0.2) is 54.6 Å². The minimum atomic E-state index is -0.136. The SMILES string of the molecule is O=C(Nc1ccc(C(=O)N2CCCC2)cc1)C1CCN(C(=O)Nc2ccccc2)CC1. The number of carbonyl (C=O) groups excluding carboxylic acids is 3. The molecule has 0 radical (unpaired) electrons. The van der Waals surface area contributed by atoms with Crippen LogP contribution in [0, 0.1) is 5.92 Å². The number of likely N-dealkylation sites (tertiary alicyclic amines) is 2. The Morgan fingerprint density at radius 3 is 1.97 bits per heavy atom. The molecule has 0 saturated carbocycles. The highest BCUT2D eigenvalue weighted by Gasteiger charge is 2.27. The molecule has 2 heterocycles. The molecular weight excluding hydrogens is 392 g/mol. The van der Waals surface area contributed by atoms with Crippen molar-refractivity contribution in [2.45, 2.75) is 25.7 Å². The van der Waals surface area contributed by atoms with Gasteiger partial charge < -0.3 is 20.4 Å². The predicted molar refractivity (Wildman–Crippen MR) is 120 cm³/mol. The average molecular weight is 421 g/mol. The lowest BCUT2D eigenvalue weighted by Gasteiger charge is -2.31. The van der Waals surface area contributed by atoms with Gasteiger partial charge in [0.25, 0.3) is 5.91 Å². The van der Waals surface area contributed by atoms with Crippen molar-refractivity contribution in [1.82, 2.24) is 9.80 Å². The first-order chi connectivity index (χ1) is 15.1. The van der Waals surface area contributed by atoms with E-state index in [-0.39, 0.29) is 23.8 Å². The molecule has 2 N–H and O–H groups in total. The van der Waals surface area contributed by atoms with Crippen LogP contribution in [0.2, 0.25) is 0 Å². The lowest BCUT2D eigenvalue weighted by atomic mass is 9.96. The van der Waals surface area contributed by atoms with E-state index in [9.17, 15) is 14.4 Å². The van der Waals surface area contributed by atoms with E-state index in [1.807, 2.05) is 35.2 Å². The average Bonchev–Trinajstić information content (AvgIpc) is 3.35. The van der Waals surface area contributed by atoms with Gasteiger partial charge in [-0.2, -0.15) is 0 Å². The Morgan fingerprint density at radius 2 is 1.32 bits per heavy atom. The number of rotatable bonds is 4.